The fraction of sp³-hybridized carbons (Fsp3) is 0.143. The molecule has 0 aliphatic rings. The summed E-state index contributed by atoms with van der Waals surface area (Å²) in [5.41, 5.74) is 6.15. The number of nitrogens with zero attached hydrogens (tertiary/aromatic N) is 1. The first-order valence-electron chi connectivity index (χ1n) is 6.59. The van der Waals surface area contributed by atoms with Crippen LogP contribution in [0, 0.1) is 6.92 Å². The number of amides is 1. The van der Waals surface area contributed by atoms with E-state index in [4.69, 9.17) is 0 Å². The molecule has 0 saturated carbocycles. The van der Waals surface area contributed by atoms with E-state index in [9.17, 15) is 9.90 Å². The van der Waals surface area contributed by atoms with E-state index in [0.29, 0.717) is 16.8 Å². The standard InChI is InChI=1S/C14H16B2N2O2S/c1-7-3-9(6-21-7)14(20)18-17-8(2)11-4-10(15)5-12(16)13(11)19/h3-6,19H,15-16H2,1-2H3,(H,18,20)/b17-8+. The average Bonchev–Trinajstić information content (AvgIpc) is 2.86. The summed E-state index contributed by atoms with van der Waals surface area (Å²) in [6, 6.07) is 5.57. The number of hydrogen-bond donors (Lipinski definition) is 2. The molecule has 21 heavy (non-hydrogen) atoms. The molecule has 1 heterocycles. The lowest BCUT2D eigenvalue weighted by Gasteiger charge is -2.09. The number of carbonyl (C=O) groups excluding carboxylic acids is 1. The second-order valence-corrected chi connectivity index (χ2v) is 6.18. The third-order valence-corrected chi connectivity index (χ3v) is 4.01. The molecule has 0 aliphatic carbocycles. The Morgan fingerprint density at radius 2 is 2.05 bits per heavy atom. The monoisotopic (exact) mass is 298 g/mol. The van der Waals surface area contributed by atoms with E-state index in [-0.39, 0.29) is 11.7 Å². The largest absolute Gasteiger partial charge is 0.508 e. The van der Waals surface area contributed by atoms with Gasteiger partial charge in [0.05, 0.1) is 11.3 Å². The Hall–Kier alpha value is -2.01. The molecular formula is C14H16B2N2O2S. The molecule has 0 radical (unpaired) electrons. The van der Waals surface area contributed by atoms with E-state index >= 15 is 0 Å². The molecule has 2 aromatic rings. The molecule has 1 amide bonds. The summed E-state index contributed by atoms with van der Waals surface area (Å²) in [5, 5.41) is 16.0. The van der Waals surface area contributed by atoms with E-state index in [0.717, 1.165) is 15.8 Å². The highest BCUT2D eigenvalue weighted by molar-refractivity contribution is 7.10. The van der Waals surface area contributed by atoms with Crippen LogP contribution in [-0.2, 0) is 0 Å². The number of aryl methyl sites for hydroxylation is 1. The van der Waals surface area contributed by atoms with Crippen LogP contribution in [-0.4, -0.2) is 32.4 Å². The van der Waals surface area contributed by atoms with Crippen LogP contribution in [0.5, 0.6) is 5.75 Å². The summed E-state index contributed by atoms with van der Waals surface area (Å²) < 4.78 is 0. The highest BCUT2D eigenvalue weighted by Gasteiger charge is 2.10. The predicted octanol–water partition coefficient (Wildman–Crippen LogP) is -0.567. The van der Waals surface area contributed by atoms with Gasteiger partial charge in [-0.15, -0.1) is 11.3 Å². The van der Waals surface area contributed by atoms with Crippen molar-refractivity contribution < 1.29 is 9.90 Å². The highest BCUT2D eigenvalue weighted by Crippen LogP contribution is 2.14. The van der Waals surface area contributed by atoms with Gasteiger partial charge < -0.3 is 5.11 Å². The summed E-state index contributed by atoms with van der Waals surface area (Å²) in [5.74, 6) is -0.0509. The molecule has 0 bridgehead atoms. The number of thiophene rings is 1. The minimum absolute atomic E-state index is 0.197. The predicted molar refractivity (Wildman–Crippen MR) is 93.2 cm³/mol. The van der Waals surface area contributed by atoms with Crippen LogP contribution in [0.15, 0.2) is 28.7 Å². The molecule has 0 spiro atoms. The molecule has 4 nitrogen and oxygen atoms in total. The molecule has 1 aromatic heterocycles. The van der Waals surface area contributed by atoms with Crippen LogP contribution in [0.1, 0.15) is 27.7 Å². The third kappa shape index (κ3) is 3.55. The minimum atomic E-state index is -0.248. The Kier molecular flexibility index (Phi) is 4.53. The van der Waals surface area contributed by atoms with Crippen LogP contribution < -0.4 is 16.4 Å². The van der Waals surface area contributed by atoms with Crippen molar-refractivity contribution in [3.8, 4) is 5.75 Å². The summed E-state index contributed by atoms with van der Waals surface area (Å²) in [7, 11) is 3.79. The Bertz CT molecular complexity index is 726. The van der Waals surface area contributed by atoms with Crippen LogP contribution in [0.2, 0.25) is 0 Å². The SMILES string of the molecule is Bc1cc(B)c(O)c(/C(C)=N/NC(=O)c2csc(C)c2)c1. The van der Waals surface area contributed by atoms with Gasteiger partial charge in [0.25, 0.3) is 5.91 Å². The fourth-order valence-corrected chi connectivity index (χ4v) is 2.74. The van der Waals surface area contributed by atoms with E-state index in [2.05, 4.69) is 10.5 Å². The number of carbonyl (C=O) groups is 1. The molecule has 1 aromatic carbocycles. The van der Waals surface area contributed by atoms with Crippen molar-refractivity contribution in [2.75, 3.05) is 0 Å². The maximum absolute atomic E-state index is 11.9. The fourth-order valence-electron chi connectivity index (χ4n) is 2.06. The van der Waals surface area contributed by atoms with E-state index in [1.165, 1.54) is 11.3 Å². The quantitative estimate of drug-likeness (QED) is 0.453. The van der Waals surface area contributed by atoms with Gasteiger partial charge in [-0.3, -0.25) is 4.79 Å². The molecule has 2 N–H and O–H groups in total. The van der Waals surface area contributed by atoms with Crippen LogP contribution in [0.3, 0.4) is 0 Å². The lowest BCUT2D eigenvalue weighted by molar-refractivity contribution is 0.0955. The second-order valence-electron chi connectivity index (χ2n) is 5.06. The van der Waals surface area contributed by atoms with E-state index < -0.39 is 0 Å². The number of benzene rings is 1. The van der Waals surface area contributed by atoms with Crippen molar-refractivity contribution in [1.29, 1.82) is 0 Å². The van der Waals surface area contributed by atoms with Crippen molar-refractivity contribution in [3.63, 3.8) is 0 Å². The van der Waals surface area contributed by atoms with Gasteiger partial charge in [0, 0.05) is 15.8 Å². The van der Waals surface area contributed by atoms with Crippen LogP contribution in [0.4, 0.5) is 0 Å². The number of nitrogens with one attached hydrogen (secondary N) is 1. The van der Waals surface area contributed by atoms with Gasteiger partial charge in [0.2, 0.25) is 0 Å². The molecule has 7 heteroatoms. The molecule has 0 saturated heterocycles. The van der Waals surface area contributed by atoms with Crippen molar-refractivity contribution in [2.24, 2.45) is 5.10 Å². The lowest BCUT2D eigenvalue weighted by Crippen LogP contribution is -2.21. The normalized spacial score (nSPS) is 11.4. The third-order valence-electron chi connectivity index (χ3n) is 3.15. The summed E-state index contributed by atoms with van der Waals surface area (Å²) in [4.78, 5) is 13.0. The van der Waals surface area contributed by atoms with Crippen molar-refractivity contribution in [1.82, 2.24) is 5.43 Å². The highest BCUT2D eigenvalue weighted by atomic mass is 32.1. The Morgan fingerprint density at radius 3 is 2.67 bits per heavy atom. The van der Waals surface area contributed by atoms with Crippen LogP contribution in [0.25, 0.3) is 0 Å². The zero-order valence-electron chi connectivity index (χ0n) is 12.5. The first kappa shape index (κ1) is 15.4. The van der Waals surface area contributed by atoms with Crippen molar-refractivity contribution >= 4 is 49.6 Å². The average molecular weight is 298 g/mol. The molecule has 106 valence electrons. The number of aromatic hydroxyl groups is 1. The zero-order chi connectivity index (χ0) is 15.6. The van der Waals surface area contributed by atoms with Crippen molar-refractivity contribution in [3.05, 3.63) is 39.6 Å². The summed E-state index contributed by atoms with van der Waals surface area (Å²) in [6.07, 6.45) is 0. The summed E-state index contributed by atoms with van der Waals surface area (Å²) >= 11 is 1.52. The van der Waals surface area contributed by atoms with Gasteiger partial charge in [0.15, 0.2) is 0 Å². The van der Waals surface area contributed by atoms with E-state index in [1.807, 2.05) is 40.8 Å². The number of hydrogen-bond acceptors (Lipinski definition) is 4. The zero-order valence-corrected chi connectivity index (χ0v) is 13.3. The number of phenolic OH excluding ortho intramolecular Hbond substituents is 1. The smallest absolute Gasteiger partial charge is 0.272 e. The first-order chi connectivity index (χ1) is 9.88. The van der Waals surface area contributed by atoms with E-state index in [1.54, 1.807) is 12.3 Å². The maximum atomic E-state index is 11.9. The Labute approximate surface area is 129 Å². The van der Waals surface area contributed by atoms with Crippen molar-refractivity contribution in [2.45, 2.75) is 13.8 Å². The van der Waals surface area contributed by atoms with Gasteiger partial charge in [-0.25, -0.2) is 5.43 Å². The number of hydrazone groups is 1. The first-order valence-corrected chi connectivity index (χ1v) is 7.47. The molecule has 0 unspecified atom stereocenters. The second kappa shape index (κ2) is 6.18. The van der Waals surface area contributed by atoms with Gasteiger partial charge in [-0.1, -0.05) is 17.6 Å². The molecule has 0 aliphatic heterocycles. The Morgan fingerprint density at radius 1 is 1.33 bits per heavy atom. The molecule has 0 fully saturated rings. The number of phenols is 1. The molecule has 2 rings (SSSR count). The van der Waals surface area contributed by atoms with Crippen LogP contribution >= 0.6 is 11.3 Å². The lowest BCUT2D eigenvalue weighted by atomic mass is 9.84. The topological polar surface area (TPSA) is 61.7 Å². The maximum Gasteiger partial charge on any atom is 0.272 e. The summed E-state index contributed by atoms with van der Waals surface area (Å²) in [6.45, 7) is 3.70. The van der Waals surface area contributed by atoms with Gasteiger partial charge >= 0.3 is 0 Å². The van der Waals surface area contributed by atoms with Gasteiger partial charge in [0.1, 0.15) is 21.4 Å². The number of rotatable bonds is 3. The Balaban J connectivity index is 2.20. The minimum Gasteiger partial charge on any atom is -0.508 e. The van der Waals surface area contributed by atoms with Gasteiger partial charge in [-0.2, -0.15) is 5.10 Å². The molecular weight excluding hydrogens is 282 g/mol. The molecule has 0 atom stereocenters. The van der Waals surface area contributed by atoms with Gasteiger partial charge in [-0.05, 0) is 25.4 Å².